The van der Waals surface area contributed by atoms with Crippen molar-refractivity contribution in [3.63, 3.8) is 0 Å². The van der Waals surface area contributed by atoms with Crippen LogP contribution >= 0.6 is 0 Å². The van der Waals surface area contributed by atoms with E-state index in [0.717, 1.165) is 6.08 Å². The van der Waals surface area contributed by atoms with Crippen molar-refractivity contribution in [2.24, 2.45) is 0 Å². The lowest BCUT2D eigenvalue weighted by Gasteiger charge is -2.02. The van der Waals surface area contributed by atoms with Crippen molar-refractivity contribution in [1.82, 2.24) is 0 Å². The van der Waals surface area contributed by atoms with Crippen LogP contribution in [0.15, 0.2) is 23.3 Å². The first-order chi connectivity index (χ1) is 5.63. The molecule has 70 valence electrons. The lowest BCUT2D eigenvalue weighted by molar-refractivity contribution is 0.169. The van der Waals surface area contributed by atoms with E-state index < -0.39 is 11.7 Å². The van der Waals surface area contributed by atoms with E-state index in [1.165, 1.54) is 13.8 Å². The molecule has 0 atom stereocenters. The summed E-state index contributed by atoms with van der Waals surface area (Å²) in [6, 6.07) is 0. The highest BCUT2D eigenvalue weighted by Crippen LogP contribution is 2.17. The van der Waals surface area contributed by atoms with E-state index in [4.69, 9.17) is 4.74 Å². The Morgan fingerprint density at radius 3 is 2.42 bits per heavy atom. The summed E-state index contributed by atoms with van der Waals surface area (Å²) in [6.45, 7) is 5.40. The minimum atomic E-state index is -0.827. The molecule has 0 saturated carbocycles. The largest absolute Gasteiger partial charge is 0.377 e. The first-order valence-corrected chi connectivity index (χ1v) is 3.88. The van der Waals surface area contributed by atoms with Crippen LogP contribution in [-0.4, -0.2) is 13.2 Å². The van der Waals surface area contributed by atoms with Gasteiger partial charge in [0.05, 0.1) is 6.61 Å². The predicted molar refractivity (Wildman–Crippen MR) is 45.2 cm³/mol. The SMILES string of the molecule is C/C=C(F)\C(F)=C(\C)COCC. The first-order valence-electron chi connectivity index (χ1n) is 3.88. The van der Waals surface area contributed by atoms with Crippen LogP contribution in [0.3, 0.4) is 0 Å². The summed E-state index contributed by atoms with van der Waals surface area (Å²) in [5.74, 6) is -1.64. The molecule has 0 aliphatic heterocycles. The van der Waals surface area contributed by atoms with Crippen LogP contribution in [0, 0.1) is 0 Å². The molecule has 1 nitrogen and oxygen atoms in total. The number of halogens is 2. The molecule has 0 aliphatic carbocycles. The Kier molecular flexibility index (Phi) is 5.54. The van der Waals surface area contributed by atoms with Crippen LogP contribution in [0.5, 0.6) is 0 Å². The highest BCUT2D eigenvalue weighted by molar-refractivity contribution is 5.23. The van der Waals surface area contributed by atoms with E-state index >= 15 is 0 Å². The van der Waals surface area contributed by atoms with Crippen LogP contribution in [0.2, 0.25) is 0 Å². The highest BCUT2D eigenvalue weighted by atomic mass is 19.2. The zero-order valence-electron chi connectivity index (χ0n) is 7.66. The monoisotopic (exact) mass is 176 g/mol. The molecule has 0 radical (unpaired) electrons. The van der Waals surface area contributed by atoms with E-state index in [9.17, 15) is 8.78 Å². The quantitative estimate of drug-likeness (QED) is 0.598. The van der Waals surface area contributed by atoms with Gasteiger partial charge in [0, 0.05) is 6.61 Å². The van der Waals surface area contributed by atoms with Crippen LogP contribution in [0.25, 0.3) is 0 Å². The van der Waals surface area contributed by atoms with Gasteiger partial charge in [-0.25, -0.2) is 8.78 Å². The normalized spacial score (nSPS) is 14.6. The maximum Gasteiger partial charge on any atom is 0.159 e. The van der Waals surface area contributed by atoms with Gasteiger partial charge in [-0.1, -0.05) is 0 Å². The van der Waals surface area contributed by atoms with Crippen molar-refractivity contribution in [2.75, 3.05) is 13.2 Å². The van der Waals surface area contributed by atoms with Gasteiger partial charge in [-0.15, -0.1) is 0 Å². The summed E-state index contributed by atoms with van der Waals surface area (Å²) in [4.78, 5) is 0. The number of ether oxygens (including phenoxy) is 1. The number of hydrogen-bond donors (Lipinski definition) is 0. The van der Waals surface area contributed by atoms with E-state index in [1.54, 1.807) is 6.92 Å². The second-order valence-electron chi connectivity index (χ2n) is 2.37. The van der Waals surface area contributed by atoms with Crippen molar-refractivity contribution < 1.29 is 13.5 Å². The Morgan fingerprint density at radius 2 is 2.00 bits per heavy atom. The van der Waals surface area contributed by atoms with E-state index in [1.807, 2.05) is 0 Å². The molecular weight excluding hydrogens is 162 g/mol. The zero-order valence-corrected chi connectivity index (χ0v) is 7.66. The van der Waals surface area contributed by atoms with Crippen molar-refractivity contribution in [3.8, 4) is 0 Å². The third kappa shape index (κ3) is 3.62. The van der Waals surface area contributed by atoms with Gasteiger partial charge in [0.15, 0.2) is 11.7 Å². The summed E-state index contributed by atoms with van der Waals surface area (Å²) in [7, 11) is 0. The molecule has 0 aliphatic rings. The Balaban J connectivity index is 4.25. The molecule has 0 spiro atoms. The molecule has 0 aromatic rings. The van der Waals surface area contributed by atoms with Crippen LogP contribution < -0.4 is 0 Å². The second kappa shape index (κ2) is 5.89. The standard InChI is InChI=1S/C9H14F2O/c1-4-8(10)9(11)7(3)6-12-5-2/h4H,5-6H2,1-3H3/b8-4+,9-7+. The van der Waals surface area contributed by atoms with Gasteiger partial charge in [-0.05, 0) is 32.4 Å². The van der Waals surface area contributed by atoms with Crippen molar-refractivity contribution in [3.05, 3.63) is 23.3 Å². The summed E-state index contributed by atoms with van der Waals surface area (Å²) >= 11 is 0. The fourth-order valence-corrected chi connectivity index (χ4v) is 0.649. The van der Waals surface area contributed by atoms with Crippen molar-refractivity contribution >= 4 is 0 Å². The van der Waals surface area contributed by atoms with Crippen LogP contribution in [0.1, 0.15) is 20.8 Å². The Bertz CT molecular complexity index is 195. The smallest absolute Gasteiger partial charge is 0.159 e. The van der Waals surface area contributed by atoms with Gasteiger partial charge < -0.3 is 4.74 Å². The lowest BCUT2D eigenvalue weighted by atomic mass is 10.2. The van der Waals surface area contributed by atoms with Gasteiger partial charge in [0.1, 0.15) is 0 Å². The van der Waals surface area contributed by atoms with E-state index in [0.29, 0.717) is 6.61 Å². The molecule has 0 bridgehead atoms. The highest BCUT2D eigenvalue weighted by Gasteiger charge is 2.06. The number of allylic oxidation sites excluding steroid dienone is 3. The number of hydrogen-bond acceptors (Lipinski definition) is 1. The third-order valence-corrected chi connectivity index (χ3v) is 1.36. The molecular formula is C9H14F2O. The zero-order chi connectivity index (χ0) is 9.56. The molecule has 0 rings (SSSR count). The molecule has 0 N–H and O–H groups in total. The Morgan fingerprint density at radius 1 is 1.42 bits per heavy atom. The molecule has 0 saturated heterocycles. The second-order valence-corrected chi connectivity index (χ2v) is 2.37. The average molecular weight is 176 g/mol. The van der Waals surface area contributed by atoms with Gasteiger partial charge in [-0.3, -0.25) is 0 Å². The summed E-state index contributed by atoms with van der Waals surface area (Å²) in [5, 5.41) is 0. The fourth-order valence-electron chi connectivity index (χ4n) is 0.649. The van der Waals surface area contributed by atoms with E-state index in [2.05, 4.69) is 0 Å². The molecule has 0 unspecified atom stereocenters. The third-order valence-electron chi connectivity index (χ3n) is 1.36. The van der Waals surface area contributed by atoms with Crippen molar-refractivity contribution in [2.45, 2.75) is 20.8 Å². The summed E-state index contributed by atoms with van der Waals surface area (Å²) < 4.78 is 30.4. The molecule has 0 aromatic carbocycles. The summed E-state index contributed by atoms with van der Waals surface area (Å²) in [5.41, 5.74) is 0.285. The molecule has 0 aromatic heterocycles. The van der Waals surface area contributed by atoms with Gasteiger partial charge >= 0.3 is 0 Å². The number of rotatable bonds is 4. The van der Waals surface area contributed by atoms with Crippen LogP contribution in [-0.2, 0) is 4.74 Å². The van der Waals surface area contributed by atoms with Gasteiger partial charge in [0.2, 0.25) is 0 Å². The Labute approximate surface area is 71.7 Å². The summed E-state index contributed by atoms with van der Waals surface area (Å²) in [6.07, 6.45) is 1.09. The minimum Gasteiger partial charge on any atom is -0.377 e. The first kappa shape index (κ1) is 11.3. The maximum absolute atomic E-state index is 12.9. The molecule has 3 heteroatoms. The average Bonchev–Trinajstić information content (AvgIpc) is 2.11. The topological polar surface area (TPSA) is 9.23 Å². The molecule has 0 fully saturated rings. The van der Waals surface area contributed by atoms with E-state index in [-0.39, 0.29) is 12.2 Å². The molecule has 0 amide bonds. The van der Waals surface area contributed by atoms with Crippen LogP contribution in [0.4, 0.5) is 8.78 Å². The molecule has 0 heterocycles. The predicted octanol–water partition coefficient (Wildman–Crippen LogP) is 3.14. The minimum absolute atomic E-state index is 0.142. The molecule has 12 heavy (non-hydrogen) atoms. The Hall–Kier alpha value is -0.700. The van der Waals surface area contributed by atoms with Crippen molar-refractivity contribution in [1.29, 1.82) is 0 Å². The maximum atomic E-state index is 12.9. The fraction of sp³-hybridized carbons (Fsp3) is 0.556. The van der Waals surface area contributed by atoms with Gasteiger partial charge in [0.25, 0.3) is 0 Å². The van der Waals surface area contributed by atoms with Gasteiger partial charge in [-0.2, -0.15) is 0 Å². The lowest BCUT2D eigenvalue weighted by Crippen LogP contribution is -1.97.